The lowest BCUT2D eigenvalue weighted by Gasteiger charge is -2.11. The van der Waals surface area contributed by atoms with Crippen LogP contribution in [0.3, 0.4) is 0 Å². The molecule has 0 aliphatic heterocycles. The normalized spacial score (nSPS) is 11.8. The molecule has 1 aromatic carbocycles. The van der Waals surface area contributed by atoms with Crippen LogP contribution in [0.15, 0.2) is 36.4 Å². The van der Waals surface area contributed by atoms with E-state index < -0.39 is 17.9 Å². The van der Waals surface area contributed by atoms with Crippen molar-refractivity contribution in [1.82, 2.24) is 10.6 Å². The zero-order chi connectivity index (χ0) is 14.3. The third-order valence-corrected chi connectivity index (χ3v) is 2.40. The van der Waals surface area contributed by atoms with Gasteiger partial charge in [-0.25, -0.2) is 0 Å². The Morgan fingerprint density at radius 3 is 2.53 bits per heavy atom. The molecule has 1 unspecified atom stereocenters. The Bertz CT molecular complexity index is 500. The molecular formula is C13H14N2O3S. The van der Waals surface area contributed by atoms with Crippen LogP contribution in [0.4, 0.5) is 0 Å². The van der Waals surface area contributed by atoms with E-state index >= 15 is 0 Å². The summed E-state index contributed by atoms with van der Waals surface area (Å²) >= 11 is 4.82. The summed E-state index contributed by atoms with van der Waals surface area (Å²) in [5.74, 6) is -1.46. The highest BCUT2D eigenvalue weighted by atomic mass is 32.1. The molecule has 0 aliphatic rings. The summed E-state index contributed by atoms with van der Waals surface area (Å²) in [6.07, 6.45) is 2.97. The van der Waals surface area contributed by atoms with Gasteiger partial charge in [-0.1, -0.05) is 30.3 Å². The smallest absolute Gasteiger partial charge is 0.325 e. The standard InChI is InChI=1S/C13H14N2O3S/c1-9(12(17)18)14-13(19)15-11(16)8-7-10-5-3-2-4-6-10/h2-9H,1H3,(H,17,18)(H2,14,15,16,19). The lowest BCUT2D eigenvalue weighted by atomic mass is 10.2. The molecule has 1 amide bonds. The van der Waals surface area contributed by atoms with E-state index in [4.69, 9.17) is 17.3 Å². The van der Waals surface area contributed by atoms with Gasteiger partial charge < -0.3 is 10.4 Å². The highest BCUT2D eigenvalue weighted by molar-refractivity contribution is 7.80. The number of aliphatic carboxylic acids is 1. The van der Waals surface area contributed by atoms with Crippen LogP contribution in [0.5, 0.6) is 0 Å². The van der Waals surface area contributed by atoms with E-state index in [1.807, 2.05) is 30.3 Å². The van der Waals surface area contributed by atoms with Crippen LogP contribution in [0.1, 0.15) is 12.5 Å². The fourth-order valence-electron chi connectivity index (χ4n) is 1.18. The quantitative estimate of drug-likeness (QED) is 0.569. The largest absolute Gasteiger partial charge is 0.480 e. The average molecular weight is 278 g/mol. The van der Waals surface area contributed by atoms with Crippen LogP contribution in [0.2, 0.25) is 0 Å². The van der Waals surface area contributed by atoms with Crippen molar-refractivity contribution in [2.75, 3.05) is 0 Å². The zero-order valence-corrected chi connectivity index (χ0v) is 11.1. The Kier molecular flexibility index (Phi) is 5.69. The van der Waals surface area contributed by atoms with Gasteiger partial charge in [0.05, 0.1) is 0 Å². The third kappa shape index (κ3) is 5.78. The van der Waals surface area contributed by atoms with Gasteiger partial charge in [0.2, 0.25) is 5.91 Å². The third-order valence-electron chi connectivity index (χ3n) is 2.18. The number of hydrogen-bond acceptors (Lipinski definition) is 3. The summed E-state index contributed by atoms with van der Waals surface area (Å²) in [7, 11) is 0. The Labute approximate surface area is 116 Å². The lowest BCUT2D eigenvalue weighted by Crippen LogP contribution is -2.45. The molecule has 0 spiro atoms. The SMILES string of the molecule is CC(NC(=S)NC(=O)C=Cc1ccccc1)C(=O)O. The first kappa shape index (κ1) is 14.8. The van der Waals surface area contributed by atoms with Crippen molar-refractivity contribution in [3.8, 4) is 0 Å². The molecule has 0 saturated heterocycles. The summed E-state index contributed by atoms with van der Waals surface area (Å²) in [5.41, 5.74) is 0.885. The van der Waals surface area contributed by atoms with E-state index in [2.05, 4.69) is 10.6 Å². The van der Waals surface area contributed by atoms with Crippen LogP contribution < -0.4 is 10.6 Å². The molecule has 0 saturated carbocycles. The highest BCUT2D eigenvalue weighted by Gasteiger charge is 2.12. The maximum atomic E-state index is 11.5. The first-order valence-electron chi connectivity index (χ1n) is 5.56. The molecule has 1 rings (SSSR count). The number of benzene rings is 1. The number of carbonyl (C=O) groups excluding carboxylic acids is 1. The van der Waals surface area contributed by atoms with Gasteiger partial charge in [0.1, 0.15) is 6.04 Å². The molecule has 1 aromatic rings. The van der Waals surface area contributed by atoms with Crippen molar-refractivity contribution in [2.45, 2.75) is 13.0 Å². The van der Waals surface area contributed by atoms with Crippen LogP contribution in [-0.2, 0) is 9.59 Å². The van der Waals surface area contributed by atoms with Crippen LogP contribution in [0.25, 0.3) is 6.08 Å². The number of thiocarbonyl (C=S) groups is 1. The first-order chi connectivity index (χ1) is 8.99. The Balaban J connectivity index is 2.45. The second kappa shape index (κ2) is 7.27. The molecule has 0 bridgehead atoms. The molecule has 0 aliphatic carbocycles. The molecular weight excluding hydrogens is 264 g/mol. The minimum Gasteiger partial charge on any atom is -0.480 e. The van der Waals surface area contributed by atoms with Crippen molar-refractivity contribution < 1.29 is 14.7 Å². The maximum absolute atomic E-state index is 11.5. The molecule has 100 valence electrons. The van der Waals surface area contributed by atoms with Gasteiger partial charge in [-0.15, -0.1) is 0 Å². The molecule has 5 nitrogen and oxygen atoms in total. The number of nitrogens with one attached hydrogen (secondary N) is 2. The molecule has 0 heterocycles. The number of rotatable bonds is 4. The Morgan fingerprint density at radius 2 is 1.95 bits per heavy atom. The summed E-state index contributed by atoms with van der Waals surface area (Å²) in [4.78, 5) is 22.1. The van der Waals surface area contributed by atoms with E-state index in [-0.39, 0.29) is 5.11 Å². The summed E-state index contributed by atoms with van der Waals surface area (Å²) in [6, 6.07) is 8.45. The van der Waals surface area contributed by atoms with Crippen molar-refractivity contribution in [3.05, 3.63) is 42.0 Å². The van der Waals surface area contributed by atoms with Crippen LogP contribution >= 0.6 is 12.2 Å². The number of carboxylic acid groups (broad SMARTS) is 1. The van der Waals surface area contributed by atoms with E-state index in [9.17, 15) is 9.59 Å². The molecule has 0 aromatic heterocycles. The molecule has 19 heavy (non-hydrogen) atoms. The molecule has 3 N–H and O–H groups in total. The van der Waals surface area contributed by atoms with Gasteiger partial charge in [-0.2, -0.15) is 0 Å². The van der Waals surface area contributed by atoms with E-state index in [0.29, 0.717) is 0 Å². The van der Waals surface area contributed by atoms with Gasteiger partial charge in [0, 0.05) is 6.08 Å². The van der Waals surface area contributed by atoms with Crippen LogP contribution in [0, 0.1) is 0 Å². The zero-order valence-electron chi connectivity index (χ0n) is 10.3. The van der Waals surface area contributed by atoms with Crippen LogP contribution in [-0.4, -0.2) is 28.1 Å². The van der Waals surface area contributed by atoms with Gasteiger partial charge in [-0.05, 0) is 30.8 Å². The Hall–Kier alpha value is -2.21. The Morgan fingerprint density at radius 1 is 1.32 bits per heavy atom. The fourth-order valence-corrected chi connectivity index (χ4v) is 1.46. The average Bonchev–Trinajstić information content (AvgIpc) is 2.37. The van der Waals surface area contributed by atoms with Gasteiger partial charge in [-0.3, -0.25) is 14.9 Å². The minimum absolute atomic E-state index is 0.0161. The topological polar surface area (TPSA) is 78.4 Å². The van der Waals surface area contributed by atoms with Gasteiger partial charge >= 0.3 is 5.97 Å². The number of amides is 1. The van der Waals surface area contributed by atoms with Crippen molar-refractivity contribution in [1.29, 1.82) is 0 Å². The first-order valence-corrected chi connectivity index (χ1v) is 5.97. The van der Waals surface area contributed by atoms with Crippen molar-refractivity contribution in [2.24, 2.45) is 0 Å². The maximum Gasteiger partial charge on any atom is 0.325 e. The molecule has 6 heteroatoms. The minimum atomic E-state index is -1.04. The van der Waals surface area contributed by atoms with Gasteiger partial charge in [0.25, 0.3) is 0 Å². The van der Waals surface area contributed by atoms with Gasteiger partial charge in [0.15, 0.2) is 5.11 Å². The lowest BCUT2D eigenvalue weighted by molar-refractivity contribution is -0.138. The van der Waals surface area contributed by atoms with Crippen molar-refractivity contribution >= 4 is 35.3 Å². The summed E-state index contributed by atoms with van der Waals surface area (Å²) in [5, 5.41) is 13.5. The molecule has 1 atom stereocenters. The predicted octanol–water partition coefficient (Wildman–Crippen LogP) is 1.16. The highest BCUT2D eigenvalue weighted by Crippen LogP contribution is 2.00. The van der Waals surface area contributed by atoms with E-state index in [1.54, 1.807) is 6.08 Å². The second-order valence-electron chi connectivity index (χ2n) is 3.77. The summed E-state index contributed by atoms with van der Waals surface area (Å²) < 4.78 is 0. The van der Waals surface area contributed by atoms with E-state index in [1.165, 1.54) is 13.0 Å². The monoisotopic (exact) mass is 278 g/mol. The van der Waals surface area contributed by atoms with Crippen molar-refractivity contribution in [3.63, 3.8) is 0 Å². The fraction of sp³-hybridized carbons (Fsp3) is 0.154. The number of hydrogen-bond donors (Lipinski definition) is 3. The predicted molar refractivity (Wildman–Crippen MR) is 76.5 cm³/mol. The van der Waals surface area contributed by atoms with E-state index in [0.717, 1.165) is 5.56 Å². The summed E-state index contributed by atoms with van der Waals surface area (Å²) in [6.45, 7) is 1.43. The number of carbonyl (C=O) groups is 2. The second-order valence-corrected chi connectivity index (χ2v) is 4.17. The molecule has 0 fully saturated rings. The number of carboxylic acids is 1. The molecule has 0 radical (unpaired) electrons.